The summed E-state index contributed by atoms with van der Waals surface area (Å²) in [7, 11) is 3.56. The summed E-state index contributed by atoms with van der Waals surface area (Å²) >= 11 is 0. The predicted octanol–water partition coefficient (Wildman–Crippen LogP) is 1.90. The highest BCUT2D eigenvalue weighted by molar-refractivity contribution is 5.57. The Hall–Kier alpha value is -3.36. The van der Waals surface area contributed by atoms with Gasteiger partial charge in [0.05, 0.1) is 18.5 Å². The second-order valence-electron chi connectivity index (χ2n) is 6.71. The van der Waals surface area contributed by atoms with Crippen molar-refractivity contribution < 1.29 is 4.74 Å². The number of aryl methyl sites for hydroxylation is 2. The quantitative estimate of drug-likeness (QED) is 0.547. The average Bonchev–Trinajstić information content (AvgIpc) is 3.28. The average molecular weight is 362 g/mol. The van der Waals surface area contributed by atoms with E-state index in [-0.39, 0.29) is 5.92 Å². The molecule has 0 radical (unpaired) electrons. The van der Waals surface area contributed by atoms with Crippen LogP contribution >= 0.6 is 0 Å². The van der Waals surface area contributed by atoms with Crippen LogP contribution in [0.15, 0.2) is 30.6 Å². The number of ether oxygens (including phenoxy) is 1. The van der Waals surface area contributed by atoms with E-state index >= 15 is 0 Å². The predicted molar refractivity (Wildman–Crippen MR) is 96.4 cm³/mol. The monoisotopic (exact) mass is 362 g/mol. The topological polar surface area (TPSA) is 95.9 Å². The molecule has 0 spiro atoms. The number of hydrogen-bond donors (Lipinski definition) is 0. The van der Waals surface area contributed by atoms with Crippen LogP contribution in [0.5, 0.6) is 5.88 Å². The second-order valence-corrected chi connectivity index (χ2v) is 6.71. The lowest BCUT2D eigenvalue weighted by molar-refractivity contribution is 0.389. The number of aromatic nitrogens is 8. The van der Waals surface area contributed by atoms with Crippen LogP contribution in [-0.2, 0) is 7.05 Å². The molecule has 0 amide bonds. The van der Waals surface area contributed by atoms with E-state index in [1.54, 1.807) is 24.0 Å². The molecule has 4 aromatic rings. The van der Waals surface area contributed by atoms with Gasteiger partial charge in [0.25, 0.3) is 0 Å². The van der Waals surface area contributed by atoms with Crippen LogP contribution < -0.4 is 4.74 Å². The third-order valence-electron chi connectivity index (χ3n) is 4.99. The molecule has 136 valence electrons. The van der Waals surface area contributed by atoms with Gasteiger partial charge in [-0.2, -0.15) is 14.7 Å². The third kappa shape index (κ3) is 2.54. The smallest absolute Gasteiger partial charge is 0.235 e. The van der Waals surface area contributed by atoms with Crippen molar-refractivity contribution in [2.24, 2.45) is 7.05 Å². The first kappa shape index (κ1) is 15.9. The first-order chi connectivity index (χ1) is 13.2. The van der Waals surface area contributed by atoms with Gasteiger partial charge in [-0.05, 0) is 31.5 Å². The Kier molecular flexibility index (Phi) is 3.43. The molecule has 2 unspecified atom stereocenters. The Labute approximate surface area is 155 Å². The summed E-state index contributed by atoms with van der Waals surface area (Å²) in [6.07, 6.45) is 4.34. The lowest BCUT2D eigenvalue weighted by atomic mass is 10.1. The maximum Gasteiger partial charge on any atom is 0.235 e. The summed E-state index contributed by atoms with van der Waals surface area (Å²) in [5.41, 5.74) is 4.46. The van der Waals surface area contributed by atoms with Crippen molar-refractivity contribution in [1.82, 2.24) is 39.6 Å². The molecule has 0 aromatic carbocycles. The number of nitrogens with zero attached hydrogens (tertiary/aromatic N) is 8. The normalized spacial score (nSPS) is 18.8. The van der Waals surface area contributed by atoms with Crippen molar-refractivity contribution in [3.8, 4) is 17.3 Å². The van der Waals surface area contributed by atoms with Gasteiger partial charge in [-0.25, -0.2) is 4.98 Å². The highest BCUT2D eigenvalue weighted by Crippen LogP contribution is 2.55. The molecule has 0 aliphatic heterocycles. The zero-order valence-electron chi connectivity index (χ0n) is 15.2. The lowest BCUT2D eigenvalue weighted by Crippen LogP contribution is -2.00. The van der Waals surface area contributed by atoms with Gasteiger partial charge in [0, 0.05) is 31.3 Å². The highest BCUT2D eigenvalue weighted by atomic mass is 16.5. The lowest BCUT2D eigenvalue weighted by Gasteiger charge is -2.04. The van der Waals surface area contributed by atoms with E-state index in [0.29, 0.717) is 11.8 Å². The van der Waals surface area contributed by atoms with Crippen LogP contribution in [0.1, 0.15) is 35.5 Å². The Bertz CT molecular complexity index is 1150. The molecule has 4 aromatic heterocycles. The van der Waals surface area contributed by atoms with Gasteiger partial charge in [-0.3, -0.25) is 9.67 Å². The van der Waals surface area contributed by atoms with Gasteiger partial charge in [0.2, 0.25) is 5.88 Å². The van der Waals surface area contributed by atoms with E-state index in [1.807, 2.05) is 30.8 Å². The third-order valence-corrected chi connectivity index (χ3v) is 4.99. The fourth-order valence-corrected chi connectivity index (χ4v) is 3.51. The summed E-state index contributed by atoms with van der Waals surface area (Å²) in [6.45, 7) is 1.88. The van der Waals surface area contributed by atoms with E-state index in [4.69, 9.17) is 9.84 Å². The molecule has 2 atom stereocenters. The summed E-state index contributed by atoms with van der Waals surface area (Å²) in [5, 5.41) is 17.5. The molecule has 1 fully saturated rings. The van der Waals surface area contributed by atoms with E-state index < -0.39 is 0 Å². The zero-order valence-corrected chi connectivity index (χ0v) is 15.2. The molecule has 1 aliphatic carbocycles. The van der Waals surface area contributed by atoms with Crippen LogP contribution in [0.25, 0.3) is 17.0 Å². The molecule has 0 N–H and O–H groups in total. The Morgan fingerprint density at radius 1 is 1.07 bits per heavy atom. The van der Waals surface area contributed by atoms with E-state index in [1.165, 1.54) is 0 Å². The fraction of sp³-hybridized carbons (Fsp3) is 0.333. The molecule has 1 aliphatic rings. The fourth-order valence-electron chi connectivity index (χ4n) is 3.51. The summed E-state index contributed by atoms with van der Waals surface area (Å²) in [4.78, 5) is 8.72. The maximum absolute atomic E-state index is 5.35. The molecule has 1 saturated carbocycles. The minimum atomic E-state index is 0.284. The van der Waals surface area contributed by atoms with E-state index in [2.05, 4.69) is 31.3 Å². The largest absolute Gasteiger partial charge is 0.480 e. The van der Waals surface area contributed by atoms with Crippen molar-refractivity contribution in [2.45, 2.75) is 25.2 Å². The van der Waals surface area contributed by atoms with E-state index in [9.17, 15) is 0 Å². The Morgan fingerprint density at radius 3 is 2.78 bits per heavy atom. The standard InChI is InChI=1S/C18H18N8O/c1-10-21-22-16-5-4-13(24-26(10)16)15-9-14(23-25(15)2)11-8-12(11)17-18(27-3)20-7-6-19-17/h4-7,9,11-12H,8H2,1-3H3. The summed E-state index contributed by atoms with van der Waals surface area (Å²) in [5.74, 6) is 1.95. The molecule has 4 heterocycles. The van der Waals surface area contributed by atoms with Crippen molar-refractivity contribution in [3.05, 3.63) is 47.8 Å². The highest BCUT2D eigenvalue weighted by Gasteiger charge is 2.44. The molecule has 0 saturated heterocycles. The van der Waals surface area contributed by atoms with Gasteiger partial charge >= 0.3 is 0 Å². The summed E-state index contributed by atoms with van der Waals surface area (Å²) in [6, 6.07) is 5.96. The minimum absolute atomic E-state index is 0.284. The Balaban J connectivity index is 1.47. The number of fused-ring (bicyclic) bond motifs is 1. The molecular weight excluding hydrogens is 344 g/mol. The second kappa shape index (κ2) is 5.83. The van der Waals surface area contributed by atoms with Crippen LogP contribution in [0, 0.1) is 6.92 Å². The van der Waals surface area contributed by atoms with Crippen LogP contribution in [-0.4, -0.2) is 46.7 Å². The van der Waals surface area contributed by atoms with Crippen molar-refractivity contribution in [2.75, 3.05) is 7.11 Å². The van der Waals surface area contributed by atoms with E-state index in [0.717, 1.165) is 40.7 Å². The van der Waals surface area contributed by atoms with Gasteiger partial charge in [0.1, 0.15) is 11.4 Å². The zero-order chi connectivity index (χ0) is 18.5. The first-order valence-corrected chi connectivity index (χ1v) is 8.74. The van der Waals surface area contributed by atoms with Crippen molar-refractivity contribution >= 4 is 5.65 Å². The van der Waals surface area contributed by atoms with Crippen LogP contribution in [0.4, 0.5) is 0 Å². The van der Waals surface area contributed by atoms with Crippen LogP contribution in [0.2, 0.25) is 0 Å². The number of methoxy groups -OCH3 is 1. The Morgan fingerprint density at radius 2 is 1.93 bits per heavy atom. The molecular formula is C18H18N8O. The minimum Gasteiger partial charge on any atom is -0.480 e. The number of hydrogen-bond acceptors (Lipinski definition) is 7. The van der Waals surface area contributed by atoms with Crippen LogP contribution in [0.3, 0.4) is 0 Å². The number of rotatable bonds is 4. The maximum atomic E-state index is 5.35. The first-order valence-electron chi connectivity index (χ1n) is 8.74. The summed E-state index contributed by atoms with van der Waals surface area (Å²) < 4.78 is 8.96. The van der Waals surface area contributed by atoms with Gasteiger partial charge < -0.3 is 4.74 Å². The van der Waals surface area contributed by atoms with Crippen molar-refractivity contribution in [3.63, 3.8) is 0 Å². The van der Waals surface area contributed by atoms with Gasteiger partial charge in [-0.15, -0.1) is 10.2 Å². The van der Waals surface area contributed by atoms with Crippen molar-refractivity contribution in [1.29, 1.82) is 0 Å². The van der Waals surface area contributed by atoms with Gasteiger partial charge in [0.15, 0.2) is 11.5 Å². The molecule has 9 heteroatoms. The molecule has 5 rings (SSSR count). The molecule has 27 heavy (non-hydrogen) atoms. The van der Waals surface area contributed by atoms with Gasteiger partial charge in [-0.1, -0.05) is 0 Å². The SMILES string of the molecule is COc1nccnc1C1CC1c1cc(-c2ccc3nnc(C)n3n2)n(C)n1. The molecule has 0 bridgehead atoms. The molecule has 9 nitrogen and oxygen atoms in total.